The van der Waals surface area contributed by atoms with E-state index in [4.69, 9.17) is 0 Å². The smallest absolute Gasteiger partial charge is 0.321 e. The van der Waals surface area contributed by atoms with E-state index in [1.54, 1.807) is 23.1 Å². The maximum absolute atomic E-state index is 13.8. The third-order valence-electron chi connectivity index (χ3n) is 4.70. The predicted octanol–water partition coefficient (Wildman–Crippen LogP) is 4.98. The van der Waals surface area contributed by atoms with Crippen molar-refractivity contribution in [2.45, 2.75) is 38.1 Å². The molecule has 0 aliphatic heterocycles. The van der Waals surface area contributed by atoms with Crippen molar-refractivity contribution < 1.29 is 13.6 Å². The summed E-state index contributed by atoms with van der Waals surface area (Å²) in [4.78, 5) is 14.5. The van der Waals surface area contributed by atoms with Crippen LogP contribution in [-0.4, -0.2) is 23.5 Å². The Bertz CT molecular complexity index is 712. The molecule has 1 N–H and O–H groups in total. The highest BCUT2D eigenvalue weighted by atomic mass is 19.1. The molecule has 0 bridgehead atoms. The number of carbonyl (C=O) groups excluding carboxylic acids is 1. The Labute approximate surface area is 146 Å². The highest BCUT2D eigenvalue weighted by Gasteiger charge is 2.26. The number of nitrogens with one attached hydrogen (secondary N) is 1. The molecule has 1 aliphatic rings. The van der Waals surface area contributed by atoms with Crippen molar-refractivity contribution in [1.29, 1.82) is 0 Å². The normalized spacial score (nSPS) is 14.5. The third-order valence-corrected chi connectivity index (χ3v) is 4.70. The second kappa shape index (κ2) is 8.10. The Morgan fingerprint density at radius 1 is 1.04 bits per heavy atom. The Morgan fingerprint density at radius 2 is 1.72 bits per heavy atom. The number of rotatable bonds is 5. The maximum Gasteiger partial charge on any atom is 0.322 e. The Morgan fingerprint density at radius 3 is 2.40 bits per heavy atom. The van der Waals surface area contributed by atoms with Crippen LogP contribution in [0.5, 0.6) is 0 Å². The lowest BCUT2D eigenvalue weighted by atomic mass is 10.1. The number of carbonyl (C=O) groups is 1. The molecule has 0 atom stereocenters. The first kappa shape index (κ1) is 17.4. The molecule has 1 aliphatic carbocycles. The van der Waals surface area contributed by atoms with Crippen LogP contribution in [0.15, 0.2) is 48.5 Å². The molecule has 0 unspecified atom stereocenters. The molecular weight excluding hydrogens is 322 g/mol. The van der Waals surface area contributed by atoms with Gasteiger partial charge < -0.3 is 10.2 Å². The zero-order chi connectivity index (χ0) is 17.6. The van der Waals surface area contributed by atoms with Gasteiger partial charge >= 0.3 is 6.03 Å². The second-order valence-corrected chi connectivity index (χ2v) is 6.41. The van der Waals surface area contributed by atoms with E-state index in [-0.39, 0.29) is 23.7 Å². The molecule has 2 amide bonds. The van der Waals surface area contributed by atoms with Crippen molar-refractivity contribution >= 4 is 11.7 Å². The minimum atomic E-state index is -0.342. The SMILES string of the molecule is O=C(Nc1ccc(F)cc1)N(CCc1ccccc1F)C1CCCC1. The summed E-state index contributed by atoms with van der Waals surface area (Å²) in [6.45, 7) is 0.457. The minimum Gasteiger partial charge on any atom is -0.321 e. The van der Waals surface area contributed by atoms with Gasteiger partial charge in [-0.15, -0.1) is 0 Å². The summed E-state index contributed by atoms with van der Waals surface area (Å²) in [7, 11) is 0. The highest BCUT2D eigenvalue weighted by molar-refractivity contribution is 5.89. The number of anilines is 1. The second-order valence-electron chi connectivity index (χ2n) is 6.41. The molecule has 5 heteroatoms. The largest absolute Gasteiger partial charge is 0.322 e. The van der Waals surface area contributed by atoms with E-state index in [1.807, 2.05) is 0 Å². The molecule has 2 aromatic rings. The maximum atomic E-state index is 13.8. The topological polar surface area (TPSA) is 32.3 Å². The number of nitrogens with zero attached hydrogens (tertiary/aromatic N) is 1. The van der Waals surface area contributed by atoms with Gasteiger partial charge in [0, 0.05) is 18.3 Å². The van der Waals surface area contributed by atoms with Crippen LogP contribution in [0, 0.1) is 11.6 Å². The van der Waals surface area contributed by atoms with E-state index < -0.39 is 0 Å². The fraction of sp³-hybridized carbons (Fsp3) is 0.350. The summed E-state index contributed by atoms with van der Waals surface area (Å²) in [5.41, 5.74) is 1.17. The van der Waals surface area contributed by atoms with Gasteiger partial charge in [-0.1, -0.05) is 31.0 Å². The van der Waals surface area contributed by atoms with Gasteiger partial charge in [0.05, 0.1) is 0 Å². The van der Waals surface area contributed by atoms with Gasteiger partial charge in [0.1, 0.15) is 11.6 Å². The third kappa shape index (κ3) is 4.56. The molecule has 0 aromatic heterocycles. The molecule has 1 fully saturated rings. The molecule has 0 spiro atoms. The minimum absolute atomic E-state index is 0.173. The molecule has 1 saturated carbocycles. The average molecular weight is 344 g/mol. The van der Waals surface area contributed by atoms with Crippen molar-refractivity contribution in [3.63, 3.8) is 0 Å². The molecule has 3 rings (SSSR count). The van der Waals surface area contributed by atoms with Crippen molar-refractivity contribution in [2.75, 3.05) is 11.9 Å². The van der Waals surface area contributed by atoms with Gasteiger partial charge in [-0.2, -0.15) is 0 Å². The zero-order valence-electron chi connectivity index (χ0n) is 14.1. The first-order valence-corrected chi connectivity index (χ1v) is 8.70. The molecular formula is C20H22F2N2O. The van der Waals surface area contributed by atoms with Crippen LogP contribution >= 0.6 is 0 Å². The lowest BCUT2D eigenvalue weighted by Crippen LogP contribution is -2.43. The number of urea groups is 1. The number of hydrogen-bond acceptors (Lipinski definition) is 1. The summed E-state index contributed by atoms with van der Waals surface area (Å²) in [5.74, 6) is -0.585. The Kier molecular flexibility index (Phi) is 5.64. The van der Waals surface area contributed by atoms with Crippen molar-refractivity contribution in [1.82, 2.24) is 4.90 Å². The monoisotopic (exact) mass is 344 g/mol. The van der Waals surface area contributed by atoms with E-state index in [9.17, 15) is 13.6 Å². The van der Waals surface area contributed by atoms with E-state index >= 15 is 0 Å². The summed E-state index contributed by atoms with van der Waals surface area (Å²) in [6, 6.07) is 12.3. The van der Waals surface area contributed by atoms with E-state index in [0.29, 0.717) is 24.2 Å². The number of amides is 2. The van der Waals surface area contributed by atoms with Crippen LogP contribution in [0.4, 0.5) is 19.3 Å². The van der Waals surface area contributed by atoms with Gasteiger partial charge in [0.2, 0.25) is 0 Å². The van der Waals surface area contributed by atoms with Crippen LogP contribution in [0.2, 0.25) is 0 Å². The predicted molar refractivity (Wildman–Crippen MR) is 94.5 cm³/mol. The van der Waals surface area contributed by atoms with Crippen molar-refractivity contribution in [2.24, 2.45) is 0 Å². The highest BCUT2D eigenvalue weighted by Crippen LogP contribution is 2.25. The average Bonchev–Trinajstić information content (AvgIpc) is 3.13. The van der Waals surface area contributed by atoms with Crippen LogP contribution in [0.1, 0.15) is 31.2 Å². The fourth-order valence-electron chi connectivity index (χ4n) is 3.34. The molecule has 132 valence electrons. The molecule has 2 aromatic carbocycles. The Hall–Kier alpha value is -2.43. The first-order valence-electron chi connectivity index (χ1n) is 8.70. The zero-order valence-corrected chi connectivity index (χ0v) is 14.1. The van der Waals surface area contributed by atoms with E-state index in [0.717, 1.165) is 25.7 Å². The van der Waals surface area contributed by atoms with Gasteiger partial charge in [-0.3, -0.25) is 0 Å². The summed E-state index contributed by atoms with van der Waals surface area (Å²) in [6.07, 6.45) is 4.61. The molecule has 3 nitrogen and oxygen atoms in total. The lowest BCUT2D eigenvalue weighted by molar-refractivity contribution is 0.189. The number of benzene rings is 2. The number of hydrogen-bond donors (Lipinski definition) is 1. The molecule has 25 heavy (non-hydrogen) atoms. The van der Waals surface area contributed by atoms with Gasteiger partial charge in [-0.05, 0) is 55.2 Å². The quantitative estimate of drug-likeness (QED) is 0.815. The first-order chi connectivity index (χ1) is 12.1. The van der Waals surface area contributed by atoms with Crippen LogP contribution in [0.25, 0.3) is 0 Å². The lowest BCUT2D eigenvalue weighted by Gasteiger charge is -2.29. The van der Waals surface area contributed by atoms with Gasteiger partial charge in [0.25, 0.3) is 0 Å². The molecule has 0 radical (unpaired) electrons. The van der Waals surface area contributed by atoms with Gasteiger partial charge in [0.15, 0.2) is 0 Å². The van der Waals surface area contributed by atoms with E-state index in [1.165, 1.54) is 30.3 Å². The Balaban J connectivity index is 1.69. The standard InChI is InChI=1S/C20H22F2N2O/c21-16-9-11-17(12-10-16)23-20(25)24(18-6-2-3-7-18)14-13-15-5-1-4-8-19(15)22/h1,4-5,8-12,18H,2-3,6-7,13-14H2,(H,23,25). The summed E-state index contributed by atoms with van der Waals surface area (Å²) < 4.78 is 26.9. The van der Waals surface area contributed by atoms with Gasteiger partial charge in [-0.25, -0.2) is 13.6 Å². The van der Waals surface area contributed by atoms with Crippen LogP contribution < -0.4 is 5.32 Å². The number of halogens is 2. The van der Waals surface area contributed by atoms with Crippen molar-refractivity contribution in [3.8, 4) is 0 Å². The summed E-state index contributed by atoms with van der Waals surface area (Å²) >= 11 is 0. The summed E-state index contributed by atoms with van der Waals surface area (Å²) in [5, 5.41) is 2.82. The molecule has 0 saturated heterocycles. The fourth-order valence-corrected chi connectivity index (χ4v) is 3.34. The van der Waals surface area contributed by atoms with Crippen LogP contribution in [0.3, 0.4) is 0 Å². The van der Waals surface area contributed by atoms with E-state index in [2.05, 4.69) is 5.32 Å². The van der Waals surface area contributed by atoms with Crippen molar-refractivity contribution in [3.05, 3.63) is 65.7 Å². The molecule has 0 heterocycles. The van der Waals surface area contributed by atoms with Crippen LogP contribution in [-0.2, 0) is 6.42 Å².